The van der Waals surface area contributed by atoms with Gasteiger partial charge in [-0.3, -0.25) is 4.79 Å². The largest absolute Gasteiger partial charge is 0.496 e. The Morgan fingerprint density at radius 2 is 2.05 bits per heavy atom. The summed E-state index contributed by atoms with van der Waals surface area (Å²) in [5.74, 6) is 2.01. The summed E-state index contributed by atoms with van der Waals surface area (Å²) in [6, 6.07) is 5.55. The van der Waals surface area contributed by atoms with Crippen molar-refractivity contribution in [3.63, 3.8) is 0 Å². The highest BCUT2D eigenvalue weighted by Crippen LogP contribution is 2.39. The number of H-pyrrole nitrogens is 1. The average molecular weight is 270 g/mol. The van der Waals surface area contributed by atoms with Crippen molar-refractivity contribution in [1.29, 1.82) is 0 Å². The van der Waals surface area contributed by atoms with Crippen LogP contribution in [0.2, 0.25) is 0 Å². The van der Waals surface area contributed by atoms with Crippen LogP contribution in [0.15, 0.2) is 23.0 Å². The summed E-state index contributed by atoms with van der Waals surface area (Å²) < 4.78 is 5.51. The summed E-state index contributed by atoms with van der Waals surface area (Å²) >= 11 is 0. The molecule has 0 bridgehead atoms. The van der Waals surface area contributed by atoms with E-state index in [1.54, 1.807) is 13.2 Å². The predicted octanol–water partition coefficient (Wildman–Crippen LogP) is 2.94. The zero-order valence-corrected chi connectivity index (χ0v) is 12.0. The van der Waals surface area contributed by atoms with Crippen LogP contribution in [0.25, 0.3) is 11.3 Å². The van der Waals surface area contributed by atoms with E-state index < -0.39 is 0 Å². The van der Waals surface area contributed by atoms with E-state index in [4.69, 9.17) is 4.74 Å². The minimum absolute atomic E-state index is 0.0998. The van der Waals surface area contributed by atoms with E-state index in [0.717, 1.165) is 41.1 Å². The Morgan fingerprint density at radius 1 is 1.30 bits per heavy atom. The quantitative estimate of drug-likeness (QED) is 0.933. The lowest BCUT2D eigenvalue weighted by Gasteiger charge is -2.13. The highest BCUT2D eigenvalue weighted by Gasteiger charge is 2.27. The van der Waals surface area contributed by atoms with Gasteiger partial charge in [-0.1, -0.05) is 6.07 Å². The molecule has 1 aromatic carbocycles. The van der Waals surface area contributed by atoms with Crippen LogP contribution in [-0.4, -0.2) is 17.1 Å². The third-order valence-corrected chi connectivity index (χ3v) is 3.88. The summed E-state index contributed by atoms with van der Waals surface area (Å²) in [7, 11) is 1.65. The smallest absolute Gasteiger partial charge is 0.251 e. The second-order valence-corrected chi connectivity index (χ2v) is 5.38. The van der Waals surface area contributed by atoms with E-state index in [9.17, 15) is 4.79 Å². The maximum absolute atomic E-state index is 11.8. The van der Waals surface area contributed by atoms with Gasteiger partial charge >= 0.3 is 0 Å². The van der Waals surface area contributed by atoms with Crippen LogP contribution in [-0.2, 0) is 0 Å². The monoisotopic (exact) mass is 270 g/mol. The first kappa shape index (κ1) is 12.9. The van der Waals surface area contributed by atoms with Gasteiger partial charge in [-0.15, -0.1) is 0 Å². The number of aromatic amines is 1. The number of rotatable bonds is 3. The molecule has 0 unspecified atom stereocenters. The molecule has 1 heterocycles. The van der Waals surface area contributed by atoms with E-state index in [2.05, 4.69) is 9.97 Å². The molecule has 0 atom stereocenters. The standard InChI is InChI=1S/C16H18N2O2/c1-9-4-7-12(15(20-3)10(9)2)13-8-14(19)18-16(17-13)11-5-6-11/h4,7-8,11H,5-6H2,1-3H3,(H,17,18,19). The van der Waals surface area contributed by atoms with Crippen LogP contribution < -0.4 is 10.3 Å². The van der Waals surface area contributed by atoms with Gasteiger partial charge in [-0.25, -0.2) is 4.98 Å². The molecule has 1 aliphatic carbocycles. The Hall–Kier alpha value is -2.10. The molecule has 0 amide bonds. The van der Waals surface area contributed by atoms with E-state index in [-0.39, 0.29) is 5.56 Å². The summed E-state index contributed by atoms with van der Waals surface area (Å²) in [4.78, 5) is 19.3. The Morgan fingerprint density at radius 3 is 2.70 bits per heavy atom. The third kappa shape index (κ3) is 2.22. The van der Waals surface area contributed by atoms with Crippen molar-refractivity contribution in [3.8, 4) is 17.0 Å². The summed E-state index contributed by atoms with van der Waals surface area (Å²) in [6.07, 6.45) is 2.22. The highest BCUT2D eigenvalue weighted by atomic mass is 16.5. The van der Waals surface area contributed by atoms with Crippen molar-refractivity contribution in [2.75, 3.05) is 7.11 Å². The fourth-order valence-electron chi connectivity index (χ4n) is 2.42. The van der Waals surface area contributed by atoms with Gasteiger partial charge in [0.1, 0.15) is 11.6 Å². The van der Waals surface area contributed by atoms with E-state index in [1.807, 2.05) is 26.0 Å². The van der Waals surface area contributed by atoms with Gasteiger partial charge in [0.2, 0.25) is 0 Å². The van der Waals surface area contributed by atoms with Crippen LogP contribution in [0.4, 0.5) is 0 Å². The lowest BCUT2D eigenvalue weighted by atomic mass is 10.0. The van der Waals surface area contributed by atoms with Gasteiger partial charge in [-0.2, -0.15) is 0 Å². The number of hydrogen-bond acceptors (Lipinski definition) is 3. The molecular weight excluding hydrogens is 252 g/mol. The number of benzene rings is 1. The van der Waals surface area contributed by atoms with Gasteiger partial charge in [0.05, 0.1) is 12.8 Å². The number of nitrogens with zero attached hydrogens (tertiary/aromatic N) is 1. The number of aromatic nitrogens is 2. The molecule has 4 heteroatoms. The van der Waals surface area contributed by atoms with Crippen LogP contribution in [0.1, 0.15) is 35.7 Å². The first-order valence-corrected chi connectivity index (χ1v) is 6.86. The van der Waals surface area contributed by atoms with Crippen molar-refractivity contribution in [3.05, 3.63) is 45.5 Å². The van der Waals surface area contributed by atoms with Crippen molar-refractivity contribution < 1.29 is 4.74 Å². The SMILES string of the molecule is COc1c(-c2cc(=O)[nH]c(C3CC3)n2)ccc(C)c1C. The Bertz CT molecular complexity index is 715. The molecule has 1 aromatic heterocycles. The van der Waals surface area contributed by atoms with Gasteiger partial charge in [0.25, 0.3) is 5.56 Å². The Balaban J connectivity index is 2.18. The minimum atomic E-state index is -0.0998. The van der Waals surface area contributed by atoms with Crippen molar-refractivity contribution in [1.82, 2.24) is 9.97 Å². The molecule has 4 nitrogen and oxygen atoms in total. The van der Waals surface area contributed by atoms with Crippen LogP contribution in [0, 0.1) is 13.8 Å². The van der Waals surface area contributed by atoms with E-state index >= 15 is 0 Å². The topological polar surface area (TPSA) is 55.0 Å². The molecule has 2 aromatic rings. The number of aryl methyl sites for hydroxylation is 1. The normalized spacial score (nSPS) is 14.3. The molecule has 20 heavy (non-hydrogen) atoms. The van der Waals surface area contributed by atoms with Gasteiger partial charge in [0.15, 0.2) is 0 Å². The summed E-state index contributed by atoms with van der Waals surface area (Å²) in [5, 5.41) is 0. The molecule has 1 N–H and O–H groups in total. The number of hydrogen-bond donors (Lipinski definition) is 1. The fourth-order valence-corrected chi connectivity index (χ4v) is 2.42. The maximum atomic E-state index is 11.8. The van der Waals surface area contributed by atoms with Crippen molar-refractivity contribution in [2.45, 2.75) is 32.6 Å². The van der Waals surface area contributed by atoms with Crippen LogP contribution in [0.5, 0.6) is 5.75 Å². The molecule has 0 aliphatic heterocycles. The first-order chi connectivity index (χ1) is 9.60. The van der Waals surface area contributed by atoms with Crippen molar-refractivity contribution in [2.24, 2.45) is 0 Å². The van der Waals surface area contributed by atoms with Crippen molar-refractivity contribution >= 4 is 0 Å². The number of methoxy groups -OCH3 is 1. The predicted molar refractivity (Wildman–Crippen MR) is 78.3 cm³/mol. The average Bonchev–Trinajstić information content (AvgIpc) is 3.25. The van der Waals surface area contributed by atoms with Crippen LogP contribution >= 0.6 is 0 Å². The molecule has 3 rings (SSSR count). The van der Waals surface area contributed by atoms with Gasteiger partial charge in [0, 0.05) is 17.5 Å². The first-order valence-electron chi connectivity index (χ1n) is 6.86. The zero-order chi connectivity index (χ0) is 14.3. The Kier molecular flexibility index (Phi) is 3.08. The molecule has 0 spiro atoms. The lowest BCUT2D eigenvalue weighted by Crippen LogP contribution is -2.11. The Labute approximate surface area is 117 Å². The third-order valence-electron chi connectivity index (χ3n) is 3.88. The van der Waals surface area contributed by atoms with E-state index in [0.29, 0.717) is 11.6 Å². The summed E-state index contributed by atoms with van der Waals surface area (Å²) in [5.41, 5.74) is 3.72. The molecule has 1 saturated carbocycles. The second kappa shape index (κ2) is 4.78. The molecule has 1 fully saturated rings. The molecular formula is C16H18N2O2. The molecule has 0 radical (unpaired) electrons. The fraction of sp³-hybridized carbons (Fsp3) is 0.375. The van der Waals surface area contributed by atoms with Gasteiger partial charge in [-0.05, 0) is 43.9 Å². The highest BCUT2D eigenvalue weighted by molar-refractivity contribution is 5.70. The number of nitrogens with one attached hydrogen (secondary N) is 1. The van der Waals surface area contributed by atoms with Gasteiger partial charge < -0.3 is 9.72 Å². The van der Waals surface area contributed by atoms with E-state index in [1.165, 1.54) is 0 Å². The summed E-state index contributed by atoms with van der Waals surface area (Å²) in [6.45, 7) is 4.06. The maximum Gasteiger partial charge on any atom is 0.251 e. The zero-order valence-electron chi connectivity index (χ0n) is 12.0. The second-order valence-electron chi connectivity index (χ2n) is 5.38. The molecule has 104 valence electrons. The lowest BCUT2D eigenvalue weighted by molar-refractivity contribution is 0.413. The van der Waals surface area contributed by atoms with Crippen LogP contribution in [0.3, 0.4) is 0 Å². The molecule has 0 saturated heterocycles. The minimum Gasteiger partial charge on any atom is -0.496 e. The molecule has 1 aliphatic rings. The number of ether oxygens (including phenoxy) is 1.